The smallest absolute Gasteiger partial charge is 0.272 e. The van der Waals surface area contributed by atoms with Crippen LogP contribution in [0.4, 0.5) is 0 Å². The monoisotopic (exact) mass is 372 g/mol. The number of amides is 2. The van der Waals surface area contributed by atoms with E-state index in [4.69, 9.17) is 5.73 Å². The second-order valence-corrected chi connectivity index (χ2v) is 7.24. The van der Waals surface area contributed by atoms with Gasteiger partial charge < -0.3 is 10.3 Å². The van der Waals surface area contributed by atoms with Crippen LogP contribution in [0.15, 0.2) is 58.5 Å². The summed E-state index contributed by atoms with van der Waals surface area (Å²) < 4.78 is 3.02. The molecular weight excluding hydrogens is 356 g/mol. The van der Waals surface area contributed by atoms with Gasteiger partial charge in [-0.1, -0.05) is 35.6 Å². The highest BCUT2D eigenvalue weighted by molar-refractivity contribution is 8.00. The third-order valence-corrected chi connectivity index (χ3v) is 5.68. The Hall–Kier alpha value is -2.58. The van der Waals surface area contributed by atoms with Gasteiger partial charge in [0, 0.05) is 11.9 Å². The molecule has 0 aliphatic heterocycles. The molecule has 0 saturated heterocycles. The number of para-hydroxylation sites is 1. The summed E-state index contributed by atoms with van der Waals surface area (Å²) in [6, 6.07) is 15.0. The van der Waals surface area contributed by atoms with Crippen LogP contribution in [0.3, 0.4) is 0 Å². The van der Waals surface area contributed by atoms with Gasteiger partial charge in [0.2, 0.25) is 10.7 Å². The van der Waals surface area contributed by atoms with E-state index in [2.05, 4.69) is 10.5 Å². The summed E-state index contributed by atoms with van der Waals surface area (Å²) in [6.45, 7) is 0. The van der Waals surface area contributed by atoms with E-state index in [1.54, 1.807) is 18.2 Å². The molecule has 2 aromatic carbocycles. The number of thioether (sulfide) groups is 1. The van der Waals surface area contributed by atoms with Crippen LogP contribution in [0.25, 0.3) is 10.2 Å². The number of aryl methyl sites for hydroxylation is 1. The number of rotatable bonds is 5. The zero-order valence-corrected chi connectivity index (χ0v) is 15.1. The largest absolute Gasteiger partial charge is 0.369 e. The molecule has 1 aromatic heterocycles. The standard InChI is InChI=1S/C17H16N4O2S2/c1-21-12-7-3-5-9-14(12)25-17(21)20-19-16(23)11-6-2-4-8-13(11)24-10-15(18)22/h2-9H,10H2,1H3,(H2,18,22)(H,19,23)/b20-17-. The van der Waals surface area contributed by atoms with Crippen molar-refractivity contribution in [1.82, 2.24) is 9.99 Å². The molecule has 0 aliphatic rings. The normalized spacial score (nSPS) is 11.6. The van der Waals surface area contributed by atoms with E-state index in [0.29, 0.717) is 15.3 Å². The minimum Gasteiger partial charge on any atom is -0.369 e. The van der Waals surface area contributed by atoms with Crippen LogP contribution in [-0.2, 0) is 11.8 Å². The van der Waals surface area contributed by atoms with Gasteiger partial charge in [0.05, 0.1) is 21.5 Å². The lowest BCUT2D eigenvalue weighted by Crippen LogP contribution is -2.23. The molecule has 0 aliphatic carbocycles. The maximum absolute atomic E-state index is 12.5. The number of aromatic nitrogens is 1. The Bertz CT molecular complexity index is 1010. The highest BCUT2D eigenvalue weighted by Crippen LogP contribution is 2.22. The molecule has 0 radical (unpaired) electrons. The first-order chi connectivity index (χ1) is 12.1. The predicted molar refractivity (Wildman–Crippen MR) is 100 cm³/mol. The van der Waals surface area contributed by atoms with E-state index < -0.39 is 5.91 Å². The number of carbonyl (C=O) groups is 2. The number of thiazole rings is 1. The average molecular weight is 372 g/mol. The Morgan fingerprint density at radius 1 is 1.20 bits per heavy atom. The average Bonchev–Trinajstić information content (AvgIpc) is 2.94. The Labute approximate surface area is 152 Å². The third kappa shape index (κ3) is 3.92. The summed E-state index contributed by atoms with van der Waals surface area (Å²) in [7, 11) is 1.90. The van der Waals surface area contributed by atoms with Crippen LogP contribution in [0, 0.1) is 0 Å². The molecule has 0 saturated carbocycles. The van der Waals surface area contributed by atoms with Crippen molar-refractivity contribution >= 4 is 45.1 Å². The SMILES string of the molecule is Cn1/c(=N/NC(=O)c2ccccc2SCC(N)=O)sc2ccccc21. The van der Waals surface area contributed by atoms with Crippen molar-refractivity contribution in [3.63, 3.8) is 0 Å². The van der Waals surface area contributed by atoms with E-state index in [9.17, 15) is 9.59 Å². The van der Waals surface area contributed by atoms with E-state index in [0.717, 1.165) is 10.2 Å². The summed E-state index contributed by atoms with van der Waals surface area (Å²) in [5.74, 6) is -0.639. The summed E-state index contributed by atoms with van der Waals surface area (Å²) in [5.41, 5.74) is 9.28. The molecule has 3 rings (SSSR count). The van der Waals surface area contributed by atoms with Crippen LogP contribution >= 0.6 is 23.1 Å². The maximum atomic E-state index is 12.5. The lowest BCUT2D eigenvalue weighted by atomic mass is 10.2. The second-order valence-electron chi connectivity index (χ2n) is 5.22. The van der Waals surface area contributed by atoms with Crippen molar-refractivity contribution in [3.8, 4) is 0 Å². The second kappa shape index (κ2) is 7.54. The van der Waals surface area contributed by atoms with Crippen LogP contribution < -0.4 is 16.0 Å². The number of carbonyl (C=O) groups excluding carboxylic acids is 2. The number of nitrogens with one attached hydrogen (secondary N) is 1. The van der Waals surface area contributed by atoms with Crippen molar-refractivity contribution in [3.05, 3.63) is 58.9 Å². The van der Waals surface area contributed by atoms with E-state index in [1.807, 2.05) is 41.9 Å². The first kappa shape index (κ1) is 17.2. The molecule has 6 nitrogen and oxygen atoms in total. The lowest BCUT2D eigenvalue weighted by molar-refractivity contribution is -0.115. The third-order valence-electron chi connectivity index (χ3n) is 3.47. The number of hydrogen-bond donors (Lipinski definition) is 2. The van der Waals surface area contributed by atoms with Gasteiger partial charge in [-0.15, -0.1) is 16.9 Å². The Morgan fingerprint density at radius 3 is 2.68 bits per heavy atom. The summed E-state index contributed by atoms with van der Waals surface area (Å²) in [4.78, 5) is 24.8. The van der Waals surface area contributed by atoms with Crippen LogP contribution in [0.5, 0.6) is 0 Å². The van der Waals surface area contributed by atoms with Crippen molar-refractivity contribution < 1.29 is 9.59 Å². The Balaban J connectivity index is 1.85. The Morgan fingerprint density at radius 2 is 1.92 bits per heavy atom. The molecule has 0 spiro atoms. The van der Waals surface area contributed by atoms with Gasteiger partial charge in [-0.2, -0.15) is 0 Å². The predicted octanol–water partition coefficient (Wildman–Crippen LogP) is 2.06. The number of nitrogens with zero attached hydrogens (tertiary/aromatic N) is 2. The van der Waals surface area contributed by atoms with Gasteiger partial charge in [-0.25, -0.2) is 5.43 Å². The molecule has 1 heterocycles. The fourth-order valence-electron chi connectivity index (χ4n) is 2.28. The molecule has 0 atom stereocenters. The van der Waals surface area contributed by atoms with Crippen LogP contribution in [0.1, 0.15) is 10.4 Å². The number of hydrogen-bond acceptors (Lipinski definition) is 5. The fraction of sp³-hybridized carbons (Fsp3) is 0.118. The first-order valence-corrected chi connectivity index (χ1v) is 9.25. The fourth-order valence-corrected chi connectivity index (χ4v) is 4.04. The molecule has 128 valence electrons. The molecule has 25 heavy (non-hydrogen) atoms. The first-order valence-electron chi connectivity index (χ1n) is 7.45. The summed E-state index contributed by atoms with van der Waals surface area (Å²) in [6.07, 6.45) is 0. The topological polar surface area (TPSA) is 89.5 Å². The minimum atomic E-state index is -0.429. The summed E-state index contributed by atoms with van der Waals surface area (Å²) in [5, 5.41) is 4.24. The van der Waals surface area contributed by atoms with Gasteiger partial charge in [0.15, 0.2) is 0 Å². The van der Waals surface area contributed by atoms with Gasteiger partial charge in [-0.3, -0.25) is 9.59 Å². The Kier molecular flexibility index (Phi) is 5.20. The molecule has 2 amide bonds. The zero-order valence-electron chi connectivity index (χ0n) is 13.4. The molecule has 0 bridgehead atoms. The summed E-state index contributed by atoms with van der Waals surface area (Å²) >= 11 is 2.73. The van der Waals surface area contributed by atoms with Crippen LogP contribution in [-0.4, -0.2) is 22.1 Å². The molecule has 8 heteroatoms. The number of nitrogens with two attached hydrogens (primary N) is 1. The van der Waals surface area contributed by atoms with Crippen LogP contribution in [0.2, 0.25) is 0 Å². The van der Waals surface area contributed by atoms with Crippen molar-refractivity contribution in [1.29, 1.82) is 0 Å². The van der Waals surface area contributed by atoms with Crippen molar-refractivity contribution in [2.75, 3.05) is 5.75 Å². The number of benzene rings is 2. The molecule has 3 aromatic rings. The maximum Gasteiger partial charge on any atom is 0.272 e. The molecule has 0 fully saturated rings. The minimum absolute atomic E-state index is 0.118. The van der Waals surface area contributed by atoms with Gasteiger partial charge >= 0.3 is 0 Å². The van der Waals surface area contributed by atoms with Crippen molar-refractivity contribution in [2.45, 2.75) is 4.90 Å². The highest BCUT2D eigenvalue weighted by atomic mass is 32.2. The zero-order chi connectivity index (χ0) is 17.8. The lowest BCUT2D eigenvalue weighted by Gasteiger charge is -2.06. The quantitative estimate of drug-likeness (QED) is 0.531. The molecular formula is C17H16N4O2S2. The van der Waals surface area contributed by atoms with E-state index >= 15 is 0 Å². The van der Waals surface area contributed by atoms with Gasteiger partial charge in [0.1, 0.15) is 0 Å². The van der Waals surface area contributed by atoms with E-state index in [-0.39, 0.29) is 11.7 Å². The highest BCUT2D eigenvalue weighted by Gasteiger charge is 2.12. The number of primary amides is 1. The van der Waals surface area contributed by atoms with Gasteiger partial charge in [0.25, 0.3) is 5.91 Å². The molecule has 0 unspecified atom stereocenters. The van der Waals surface area contributed by atoms with Crippen molar-refractivity contribution in [2.24, 2.45) is 17.9 Å². The van der Waals surface area contributed by atoms with Gasteiger partial charge in [-0.05, 0) is 24.3 Å². The molecule has 3 N–H and O–H groups in total. The van der Waals surface area contributed by atoms with E-state index in [1.165, 1.54) is 23.1 Å². The number of fused-ring (bicyclic) bond motifs is 1.